The molecule has 1 aliphatic heterocycles. The standard InChI is InChI=1S/C13H19N3O2/c1-3-16(4-5-18-2)12-8-11-9(6-10(12)14)7-13(17)15-11/h6,8H,3-5,7,14H2,1-2H3,(H,15,17). The summed E-state index contributed by atoms with van der Waals surface area (Å²) >= 11 is 0. The van der Waals surface area contributed by atoms with E-state index in [4.69, 9.17) is 10.5 Å². The number of nitrogens with one attached hydrogen (secondary N) is 1. The predicted molar refractivity (Wildman–Crippen MR) is 73.0 cm³/mol. The molecule has 1 aliphatic rings. The highest BCUT2D eigenvalue weighted by molar-refractivity contribution is 6.00. The molecular formula is C13H19N3O2. The van der Waals surface area contributed by atoms with Crippen molar-refractivity contribution in [3.8, 4) is 0 Å². The summed E-state index contributed by atoms with van der Waals surface area (Å²) in [7, 11) is 1.68. The molecule has 1 amide bonds. The molecule has 1 heterocycles. The predicted octanol–water partition coefficient (Wildman–Crippen LogP) is 1.24. The number of anilines is 3. The highest BCUT2D eigenvalue weighted by Gasteiger charge is 2.20. The average molecular weight is 249 g/mol. The zero-order chi connectivity index (χ0) is 13.1. The maximum Gasteiger partial charge on any atom is 0.228 e. The monoisotopic (exact) mass is 249 g/mol. The molecule has 5 nitrogen and oxygen atoms in total. The topological polar surface area (TPSA) is 67.6 Å². The van der Waals surface area contributed by atoms with E-state index in [0.717, 1.165) is 30.0 Å². The van der Waals surface area contributed by atoms with Gasteiger partial charge in [-0.2, -0.15) is 0 Å². The summed E-state index contributed by atoms with van der Waals surface area (Å²) in [6, 6.07) is 3.84. The van der Waals surface area contributed by atoms with E-state index in [1.807, 2.05) is 12.1 Å². The Hall–Kier alpha value is -1.75. The van der Waals surface area contributed by atoms with Gasteiger partial charge < -0.3 is 20.7 Å². The molecule has 0 spiro atoms. The van der Waals surface area contributed by atoms with Gasteiger partial charge in [0.15, 0.2) is 0 Å². The molecule has 18 heavy (non-hydrogen) atoms. The first-order valence-electron chi connectivity index (χ1n) is 6.11. The Morgan fingerprint density at radius 3 is 2.94 bits per heavy atom. The Balaban J connectivity index is 2.27. The highest BCUT2D eigenvalue weighted by Crippen LogP contribution is 2.33. The van der Waals surface area contributed by atoms with Crippen molar-refractivity contribution in [3.63, 3.8) is 0 Å². The number of hydrogen-bond acceptors (Lipinski definition) is 4. The van der Waals surface area contributed by atoms with Crippen LogP contribution in [0.2, 0.25) is 0 Å². The lowest BCUT2D eigenvalue weighted by Gasteiger charge is -2.25. The van der Waals surface area contributed by atoms with Crippen LogP contribution in [0, 0.1) is 0 Å². The summed E-state index contributed by atoms with van der Waals surface area (Å²) < 4.78 is 5.09. The molecule has 0 saturated carbocycles. The fourth-order valence-corrected chi connectivity index (χ4v) is 2.21. The summed E-state index contributed by atoms with van der Waals surface area (Å²) in [5.74, 6) is 0.0292. The number of hydrogen-bond donors (Lipinski definition) is 2. The van der Waals surface area contributed by atoms with Gasteiger partial charge >= 0.3 is 0 Å². The highest BCUT2D eigenvalue weighted by atomic mass is 16.5. The van der Waals surface area contributed by atoms with Crippen molar-refractivity contribution < 1.29 is 9.53 Å². The Bertz CT molecular complexity index is 460. The number of carbonyl (C=O) groups is 1. The van der Waals surface area contributed by atoms with E-state index in [9.17, 15) is 4.79 Å². The lowest BCUT2D eigenvalue weighted by atomic mass is 10.1. The van der Waals surface area contributed by atoms with E-state index in [2.05, 4.69) is 17.1 Å². The molecule has 2 rings (SSSR count). The third-order valence-corrected chi connectivity index (χ3v) is 3.17. The fraction of sp³-hybridized carbons (Fsp3) is 0.462. The van der Waals surface area contributed by atoms with Gasteiger partial charge in [0.2, 0.25) is 5.91 Å². The molecule has 3 N–H and O–H groups in total. The van der Waals surface area contributed by atoms with Crippen LogP contribution in [0.15, 0.2) is 12.1 Å². The summed E-state index contributed by atoms with van der Waals surface area (Å²) in [5, 5.41) is 2.85. The van der Waals surface area contributed by atoms with Crippen LogP contribution in [0.4, 0.5) is 17.1 Å². The first-order valence-corrected chi connectivity index (χ1v) is 6.11. The summed E-state index contributed by atoms with van der Waals surface area (Å²) in [6.45, 7) is 4.35. The van der Waals surface area contributed by atoms with Crippen molar-refractivity contribution in [2.75, 3.05) is 42.8 Å². The van der Waals surface area contributed by atoms with Crippen molar-refractivity contribution in [3.05, 3.63) is 17.7 Å². The molecule has 1 aromatic carbocycles. The van der Waals surface area contributed by atoms with Crippen LogP contribution in [-0.4, -0.2) is 32.7 Å². The molecule has 98 valence electrons. The van der Waals surface area contributed by atoms with Gasteiger partial charge in [-0.05, 0) is 24.6 Å². The van der Waals surface area contributed by atoms with Gasteiger partial charge in [0, 0.05) is 25.9 Å². The number of amides is 1. The van der Waals surface area contributed by atoms with Crippen LogP contribution in [0.25, 0.3) is 0 Å². The van der Waals surface area contributed by atoms with Crippen LogP contribution in [0.3, 0.4) is 0 Å². The van der Waals surface area contributed by atoms with Crippen LogP contribution in [0.5, 0.6) is 0 Å². The van der Waals surface area contributed by atoms with Gasteiger partial charge in [-0.25, -0.2) is 0 Å². The van der Waals surface area contributed by atoms with E-state index >= 15 is 0 Å². The zero-order valence-electron chi connectivity index (χ0n) is 10.8. The van der Waals surface area contributed by atoms with Crippen LogP contribution >= 0.6 is 0 Å². The molecule has 0 unspecified atom stereocenters. The number of rotatable bonds is 5. The molecule has 0 bridgehead atoms. The molecule has 5 heteroatoms. The number of methoxy groups -OCH3 is 1. The molecule has 0 aromatic heterocycles. The van der Waals surface area contributed by atoms with Gasteiger partial charge in [-0.15, -0.1) is 0 Å². The third kappa shape index (κ3) is 2.41. The van der Waals surface area contributed by atoms with Crippen molar-refractivity contribution in [2.24, 2.45) is 0 Å². The number of ether oxygens (including phenoxy) is 1. The number of nitrogen functional groups attached to an aromatic ring is 1. The molecule has 0 saturated heterocycles. The first kappa shape index (κ1) is 12.7. The largest absolute Gasteiger partial charge is 0.397 e. The maximum atomic E-state index is 11.3. The summed E-state index contributed by atoms with van der Waals surface area (Å²) in [6.07, 6.45) is 0.421. The van der Waals surface area contributed by atoms with E-state index < -0.39 is 0 Å². The van der Waals surface area contributed by atoms with E-state index in [1.54, 1.807) is 7.11 Å². The van der Waals surface area contributed by atoms with E-state index in [0.29, 0.717) is 18.7 Å². The van der Waals surface area contributed by atoms with Gasteiger partial charge in [0.1, 0.15) is 0 Å². The molecule has 0 fully saturated rings. The zero-order valence-corrected chi connectivity index (χ0v) is 10.8. The second kappa shape index (κ2) is 5.27. The Kier molecular flexibility index (Phi) is 3.72. The van der Waals surface area contributed by atoms with Gasteiger partial charge in [-0.3, -0.25) is 4.79 Å². The normalized spacial score (nSPS) is 13.3. The second-order valence-corrected chi connectivity index (χ2v) is 4.37. The maximum absolute atomic E-state index is 11.3. The summed E-state index contributed by atoms with van der Waals surface area (Å²) in [4.78, 5) is 13.5. The summed E-state index contributed by atoms with van der Waals surface area (Å²) in [5.41, 5.74) is 9.58. The third-order valence-electron chi connectivity index (χ3n) is 3.17. The Morgan fingerprint density at radius 2 is 2.28 bits per heavy atom. The van der Waals surface area contributed by atoms with Crippen molar-refractivity contribution in [2.45, 2.75) is 13.3 Å². The molecule has 0 aliphatic carbocycles. The number of fused-ring (bicyclic) bond motifs is 1. The minimum Gasteiger partial charge on any atom is -0.397 e. The molecule has 0 radical (unpaired) electrons. The molecule has 1 aromatic rings. The van der Waals surface area contributed by atoms with Gasteiger partial charge in [0.25, 0.3) is 0 Å². The number of likely N-dealkylation sites (N-methyl/N-ethyl adjacent to an activating group) is 1. The minimum absolute atomic E-state index is 0.0292. The lowest BCUT2D eigenvalue weighted by molar-refractivity contribution is -0.115. The van der Waals surface area contributed by atoms with Crippen LogP contribution in [-0.2, 0) is 16.0 Å². The molecular weight excluding hydrogens is 230 g/mol. The first-order chi connectivity index (χ1) is 8.65. The smallest absolute Gasteiger partial charge is 0.228 e. The quantitative estimate of drug-likeness (QED) is 0.770. The van der Waals surface area contributed by atoms with E-state index in [-0.39, 0.29) is 5.91 Å². The number of benzene rings is 1. The second-order valence-electron chi connectivity index (χ2n) is 4.37. The number of nitrogens with two attached hydrogens (primary N) is 1. The van der Waals surface area contributed by atoms with E-state index in [1.165, 1.54) is 0 Å². The van der Waals surface area contributed by atoms with Crippen molar-refractivity contribution >= 4 is 23.0 Å². The number of carbonyl (C=O) groups excluding carboxylic acids is 1. The Morgan fingerprint density at radius 1 is 1.50 bits per heavy atom. The van der Waals surface area contributed by atoms with Crippen molar-refractivity contribution in [1.82, 2.24) is 0 Å². The SMILES string of the molecule is CCN(CCOC)c1cc2c(cc1N)CC(=O)N2. The Labute approximate surface area is 107 Å². The molecule has 0 atom stereocenters. The van der Waals surface area contributed by atoms with Crippen LogP contribution < -0.4 is 16.0 Å². The van der Waals surface area contributed by atoms with Crippen LogP contribution in [0.1, 0.15) is 12.5 Å². The lowest BCUT2D eigenvalue weighted by Crippen LogP contribution is -2.27. The minimum atomic E-state index is 0.0292. The van der Waals surface area contributed by atoms with Gasteiger partial charge in [-0.1, -0.05) is 0 Å². The average Bonchev–Trinajstić information content (AvgIpc) is 2.69. The fourth-order valence-electron chi connectivity index (χ4n) is 2.21. The van der Waals surface area contributed by atoms with Gasteiger partial charge in [0.05, 0.1) is 24.4 Å². The number of nitrogens with zero attached hydrogens (tertiary/aromatic N) is 1. The van der Waals surface area contributed by atoms with Crippen molar-refractivity contribution in [1.29, 1.82) is 0 Å².